The average molecular weight is 392 g/mol. The molecule has 0 amide bonds. The fourth-order valence-corrected chi connectivity index (χ4v) is 4.00. The van der Waals surface area contributed by atoms with Gasteiger partial charge >= 0.3 is 0 Å². The number of benzene rings is 3. The molecule has 0 atom stereocenters. The van der Waals surface area contributed by atoms with Crippen molar-refractivity contribution < 1.29 is 0 Å². The van der Waals surface area contributed by atoms with E-state index in [0.717, 1.165) is 26.1 Å². The molecule has 0 saturated heterocycles. The first-order valence-corrected chi connectivity index (χ1v) is 9.29. The molecule has 0 fully saturated rings. The quantitative estimate of drug-likeness (QED) is 0.346. The maximum absolute atomic E-state index is 4.80. The van der Waals surface area contributed by atoms with Crippen molar-refractivity contribution in [2.24, 2.45) is 0 Å². The van der Waals surface area contributed by atoms with Crippen molar-refractivity contribution in [3.63, 3.8) is 0 Å². The van der Waals surface area contributed by atoms with Crippen molar-refractivity contribution in [3.8, 4) is 10.6 Å². The number of aromatic nitrogens is 1. The lowest BCUT2D eigenvalue weighted by Gasteiger charge is -2.04. The normalized spacial score (nSPS) is 11.4. The molecule has 4 rings (SSSR count). The van der Waals surface area contributed by atoms with E-state index in [1.54, 1.807) is 11.3 Å². The van der Waals surface area contributed by atoms with Crippen LogP contribution in [-0.2, 0) is 0 Å². The SMILES string of the molecule is Brc1ccc(-c2nc3ccccc3s2)c(C=Cc2ccccc2)c1. The Kier molecular flexibility index (Phi) is 4.28. The molecular weight excluding hydrogens is 378 g/mol. The van der Waals surface area contributed by atoms with E-state index in [1.165, 1.54) is 10.3 Å². The standard InChI is InChI=1S/C21H14BrNS/c22-17-12-13-18(21-23-19-8-4-5-9-20(19)24-21)16(14-17)11-10-15-6-2-1-3-7-15/h1-14H. The number of hydrogen-bond acceptors (Lipinski definition) is 2. The highest BCUT2D eigenvalue weighted by molar-refractivity contribution is 9.10. The molecular formula is C21H14BrNS. The molecule has 0 spiro atoms. The highest BCUT2D eigenvalue weighted by Crippen LogP contribution is 2.34. The summed E-state index contributed by atoms with van der Waals surface area (Å²) < 4.78 is 2.29. The number of nitrogens with zero attached hydrogens (tertiary/aromatic N) is 1. The Morgan fingerprint density at radius 1 is 0.833 bits per heavy atom. The van der Waals surface area contributed by atoms with E-state index >= 15 is 0 Å². The largest absolute Gasteiger partial charge is 0.236 e. The highest BCUT2D eigenvalue weighted by Gasteiger charge is 2.09. The van der Waals surface area contributed by atoms with Gasteiger partial charge in [-0.2, -0.15) is 0 Å². The third-order valence-electron chi connectivity index (χ3n) is 3.79. The number of rotatable bonds is 3. The van der Waals surface area contributed by atoms with Crippen molar-refractivity contribution in [2.45, 2.75) is 0 Å². The van der Waals surface area contributed by atoms with Crippen molar-refractivity contribution in [1.82, 2.24) is 4.98 Å². The lowest BCUT2D eigenvalue weighted by Crippen LogP contribution is -1.83. The molecule has 0 saturated carbocycles. The fraction of sp³-hybridized carbons (Fsp3) is 0. The Morgan fingerprint density at radius 2 is 1.62 bits per heavy atom. The maximum atomic E-state index is 4.80. The van der Waals surface area contributed by atoms with E-state index in [4.69, 9.17) is 4.98 Å². The molecule has 1 nitrogen and oxygen atoms in total. The average Bonchev–Trinajstić information content (AvgIpc) is 3.05. The molecule has 1 heterocycles. The minimum atomic E-state index is 1.05. The molecule has 3 heteroatoms. The van der Waals surface area contributed by atoms with Gasteiger partial charge in [0.1, 0.15) is 5.01 Å². The fourth-order valence-electron chi connectivity index (χ4n) is 2.60. The number of para-hydroxylation sites is 1. The summed E-state index contributed by atoms with van der Waals surface area (Å²) in [6, 6.07) is 25.0. The van der Waals surface area contributed by atoms with Gasteiger partial charge in [0.25, 0.3) is 0 Å². The van der Waals surface area contributed by atoms with Gasteiger partial charge in [0.05, 0.1) is 10.2 Å². The summed E-state index contributed by atoms with van der Waals surface area (Å²) >= 11 is 5.31. The first-order chi connectivity index (χ1) is 11.8. The van der Waals surface area contributed by atoms with Crippen LogP contribution in [-0.4, -0.2) is 4.98 Å². The van der Waals surface area contributed by atoms with Crippen molar-refractivity contribution >= 4 is 49.6 Å². The van der Waals surface area contributed by atoms with Crippen LogP contribution in [0.2, 0.25) is 0 Å². The summed E-state index contributed by atoms with van der Waals surface area (Å²) in [5.74, 6) is 0. The maximum Gasteiger partial charge on any atom is 0.125 e. The van der Waals surface area contributed by atoms with Gasteiger partial charge < -0.3 is 0 Å². The second kappa shape index (κ2) is 6.71. The molecule has 0 bridgehead atoms. The Hall–Kier alpha value is -2.23. The van der Waals surface area contributed by atoms with Gasteiger partial charge in [-0.25, -0.2) is 4.98 Å². The molecule has 24 heavy (non-hydrogen) atoms. The van der Waals surface area contributed by atoms with Gasteiger partial charge in [-0.15, -0.1) is 11.3 Å². The summed E-state index contributed by atoms with van der Waals surface area (Å²) in [6.45, 7) is 0. The van der Waals surface area contributed by atoms with Crippen molar-refractivity contribution in [3.05, 3.63) is 88.4 Å². The summed E-state index contributed by atoms with van der Waals surface area (Å²) in [4.78, 5) is 4.80. The van der Waals surface area contributed by atoms with Gasteiger partial charge in [0, 0.05) is 10.0 Å². The summed E-state index contributed by atoms with van der Waals surface area (Å²) in [6.07, 6.45) is 4.29. The molecule has 0 radical (unpaired) electrons. The van der Waals surface area contributed by atoms with Crippen molar-refractivity contribution in [2.75, 3.05) is 0 Å². The van der Waals surface area contributed by atoms with Crippen LogP contribution < -0.4 is 0 Å². The molecule has 0 aliphatic carbocycles. The number of thiazole rings is 1. The lowest BCUT2D eigenvalue weighted by molar-refractivity contribution is 1.46. The molecule has 4 aromatic rings. The summed E-state index contributed by atoms with van der Waals surface area (Å²) in [7, 11) is 0. The van der Waals surface area contributed by atoms with E-state index in [9.17, 15) is 0 Å². The van der Waals surface area contributed by atoms with Crippen LogP contribution in [0.5, 0.6) is 0 Å². The molecule has 0 aliphatic rings. The number of halogens is 1. The zero-order valence-electron chi connectivity index (χ0n) is 12.8. The van der Waals surface area contributed by atoms with E-state index < -0.39 is 0 Å². The van der Waals surface area contributed by atoms with Crippen LogP contribution in [0, 0.1) is 0 Å². The molecule has 0 N–H and O–H groups in total. The third kappa shape index (κ3) is 3.18. The van der Waals surface area contributed by atoms with Crippen LogP contribution in [0.1, 0.15) is 11.1 Å². The minimum absolute atomic E-state index is 1.05. The molecule has 3 aromatic carbocycles. The van der Waals surface area contributed by atoms with Crippen molar-refractivity contribution in [1.29, 1.82) is 0 Å². The highest BCUT2D eigenvalue weighted by atomic mass is 79.9. The molecule has 0 unspecified atom stereocenters. The van der Waals surface area contributed by atoms with Crippen LogP contribution >= 0.6 is 27.3 Å². The van der Waals surface area contributed by atoms with Crippen LogP contribution in [0.4, 0.5) is 0 Å². The van der Waals surface area contributed by atoms with Crippen LogP contribution in [0.3, 0.4) is 0 Å². The van der Waals surface area contributed by atoms with E-state index in [-0.39, 0.29) is 0 Å². The predicted molar refractivity (Wildman–Crippen MR) is 108 cm³/mol. The Labute approximate surface area is 153 Å². The minimum Gasteiger partial charge on any atom is -0.236 e. The van der Waals surface area contributed by atoms with E-state index in [0.29, 0.717) is 0 Å². The first kappa shape index (κ1) is 15.3. The smallest absolute Gasteiger partial charge is 0.125 e. The first-order valence-electron chi connectivity index (χ1n) is 7.68. The van der Waals surface area contributed by atoms with Gasteiger partial charge in [0.15, 0.2) is 0 Å². The van der Waals surface area contributed by atoms with E-state index in [1.807, 2.05) is 12.1 Å². The zero-order chi connectivity index (χ0) is 16.4. The second-order valence-corrected chi connectivity index (χ2v) is 7.41. The van der Waals surface area contributed by atoms with Crippen LogP contribution in [0.15, 0.2) is 77.3 Å². The monoisotopic (exact) mass is 391 g/mol. The molecule has 0 aliphatic heterocycles. The van der Waals surface area contributed by atoms with Gasteiger partial charge in [-0.3, -0.25) is 0 Å². The Balaban J connectivity index is 1.79. The molecule has 1 aromatic heterocycles. The number of hydrogen-bond donors (Lipinski definition) is 0. The predicted octanol–water partition coefficient (Wildman–Crippen LogP) is 6.90. The topological polar surface area (TPSA) is 12.9 Å². The lowest BCUT2D eigenvalue weighted by atomic mass is 10.1. The molecule has 116 valence electrons. The van der Waals surface area contributed by atoms with Gasteiger partial charge in [-0.05, 0) is 35.4 Å². The van der Waals surface area contributed by atoms with Gasteiger partial charge in [-0.1, -0.05) is 76.6 Å². The summed E-state index contributed by atoms with van der Waals surface area (Å²) in [5, 5.41) is 1.05. The Bertz CT molecular complexity index is 985. The van der Waals surface area contributed by atoms with Crippen LogP contribution in [0.25, 0.3) is 32.9 Å². The second-order valence-electron chi connectivity index (χ2n) is 5.46. The summed E-state index contributed by atoms with van der Waals surface area (Å²) in [5.41, 5.74) is 4.56. The van der Waals surface area contributed by atoms with Gasteiger partial charge in [0.2, 0.25) is 0 Å². The zero-order valence-corrected chi connectivity index (χ0v) is 15.2. The third-order valence-corrected chi connectivity index (χ3v) is 5.36. The number of fused-ring (bicyclic) bond motifs is 1. The Morgan fingerprint density at radius 3 is 2.46 bits per heavy atom. The van der Waals surface area contributed by atoms with E-state index in [2.05, 4.69) is 88.7 Å².